The fourth-order valence-electron chi connectivity index (χ4n) is 1.41. The Hall–Kier alpha value is -1.91. The van der Waals surface area contributed by atoms with Gasteiger partial charge < -0.3 is 5.32 Å². The van der Waals surface area contributed by atoms with Gasteiger partial charge in [-0.15, -0.1) is 0 Å². The first kappa shape index (κ1) is 10.6. The van der Waals surface area contributed by atoms with E-state index >= 15 is 0 Å². The van der Waals surface area contributed by atoms with Crippen molar-refractivity contribution in [3.63, 3.8) is 0 Å². The van der Waals surface area contributed by atoms with Gasteiger partial charge in [0.05, 0.1) is 0 Å². The zero-order valence-electron chi connectivity index (χ0n) is 9.18. The topological polar surface area (TPSA) is 59.3 Å². The highest BCUT2D eigenvalue weighted by Crippen LogP contribution is 2.02. The van der Waals surface area contributed by atoms with Gasteiger partial charge >= 0.3 is 0 Å². The van der Waals surface area contributed by atoms with Gasteiger partial charge in [0, 0.05) is 25.0 Å². The number of carbonyl (C=O) groups is 1. The molecule has 0 saturated heterocycles. The SMILES string of the molecule is CCCCNC(=O)c1cc2ncccn2n1. The largest absolute Gasteiger partial charge is 0.351 e. The number of unbranched alkanes of at least 4 members (excludes halogenated alkanes) is 1. The second-order valence-corrected chi connectivity index (χ2v) is 3.56. The van der Waals surface area contributed by atoms with Crippen LogP contribution in [0.25, 0.3) is 5.65 Å². The number of hydrogen-bond acceptors (Lipinski definition) is 3. The molecule has 2 aromatic heterocycles. The van der Waals surface area contributed by atoms with E-state index in [2.05, 4.69) is 22.3 Å². The molecule has 84 valence electrons. The van der Waals surface area contributed by atoms with Crippen LogP contribution in [0, 0.1) is 0 Å². The van der Waals surface area contributed by atoms with Gasteiger partial charge in [-0.2, -0.15) is 5.10 Å². The summed E-state index contributed by atoms with van der Waals surface area (Å²) in [5.41, 5.74) is 1.10. The average Bonchev–Trinajstić information content (AvgIpc) is 2.73. The Kier molecular flexibility index (Phi) is 3.14. The second kappa shape index (κ2) is 4.74. The molecule has 2 aromatic rings. The molecule has 0 aliphatic heterocycles. The van der Waals surface area contributed by atoms with E-state index in [9.17, 15) is 4.79 Å². The molecule has 0 unspecified atom stereocenters. The van der Waals surface area contributed by atoms with Gasteiger partial charge in [0.15, 0.2) is 11.3 Å². The average molecular weight is 218 g/mol. The summed E-state index contributed by atoms with van der Waals surface area (Å²) in [5, 5.41) is 6.95. The van der Waals surface area contributed by atoms with Crippen molar-refractivity contribution in [1.82, 2.24) is 19.9 Å². The van der Waals surface area contributed by atoms with E-state index in [1.54, 1.807) is 29.0 Å². The number of nitrogens with one attached hydrogen (secondary N) is 1. The molecular weight excluding hydrogens is 204 g/mol. The standard InChI is InChI=1S/C11H14N4O/c1-2-3-5-13-11(16)9-8-10-12-6-4-7-15(10)14-9/h4,6-8H,2-3,5H2,1H3,(H,13,16). The molecule has 16 heavy (non-hydrogen) atoms. The molecule has 0 aliphatic carbocycles. The van der Waals surface area contributed by atoms with Gasteiger partial charge in [-0.25, -0.2) is 9.50 Å². The van der Waals surface area contributed by atoms with Gasteiger partial charge in [0.1, 0.15) is 0 Å². The number of carbonyl (C=O) groups excluding carboxylic acids is 1. The minimum Gasteiger partial charge on any atom is -0.351 e. The minimum atomic E-state index is -0.140. The van der Waals surface area contributed by atoms with E-state index in [0.717, 1.165) is 12.8 Å². The Morgan fingerprint density at radius 3 is 3.19 bits per heavy atom. The highest BCUT2D eigenvalue weighted by atomic mass is 16.1. The van der Waals surface area contributed by atoms with Crippen LogP contribution in [0.4, 0.5) is 0 Å². The molecule has 0 spiro atoms. The molecule has 0 radical (unpaired) electrons. The monoisotopic (exact) mass is 218 g/mol. The lowest BCUT2D eigenvalue weighted by Gasteiger charge is -1.99. The molecule has 1 N–H and O–H groups in total. The first-order valence-corrected chi connectivity index (χ1v) is 5.40. The molecule has 0 bridgehead atoms. The zero-order valence-corrected chi connectivity index (χ0v) is 9.18. The lowest BCUT2D eigenvalue weighted by atomic mass is 10.3. The van der Waals surface area contributed by atoms with Crippen LogP contribution in [-0.4, -0.2) is 27.0 Å². The summed E-state index contributed by atoms with van der Waals surface area (Å²) >= 11 is 0. The molecule has 5 heteroatoms. The third-order valence-corrected chi connectivity index (χ3v) is 2.28. The Labute approximate surface area is 93.5 Å². The summed E-state index contributed by atoms with van der Waals surface area (Å²) in [6.07, 6.45) is 5.49. The Bertz CT molecular complexity index is 458. The van der Waals surface area contributed by atoms with E-state index in [1.807, 2.05) is 0 Å². The summed E-state index contributed by atoms with van der Waals surface area (Å²) in [6.45, 7) is 2.78. The molecule has 0 fully saturated rings. The third-order valence-electron chi connectivity index (χ3n) is 2.28. The predicted molar refractivity (Wildman–Crippen MR) is 60.2 cm³/mol. The molecule has 2 heterocycles. The van der Waals surface area contributed by atoms with Crippen molar-refractivity contribution >= 4 is 11.6 Å². The summed E-state index contributed by atoms with van der Waals surface area (Å²) in [4.78, 5) is 15.8. The zero-order chi connectivity index (χ0) is 11.4. The minimum absolute atomic E-state index is 0.140. The first-order valence-electron chi connectivity index (χ1n) is 5.40. The lowest BCUT2D eigenvalue weighted by Crippen LogP contribution is -2.24. The Morgan fingerprint density at radius 2 is 2.44 bits per heavy atom. The number of rotatable bonds is 4. The van der Waals surface area contributed by atoms with E-state index < -0.39 is 0 Å². The van der Waals surface area contributed by atoms with Crippen LogP contribution in [0.15, 0.2) is 24.5 Å². The van der Waals surface area contributed by atoms with E-state index in [4.69, 9.17) is 0 Å². The van der Waals surface area contributed by atoms with E-state index in [-0.39, 0.29) is 5.91 Å². The van der Waals surface area contributed by atoms with E-state index in [1.165, 1.54) is 0 Å². The van der Waals surface area contributed by atoms with Crippen LogP contribution >= 0.6 is 0 Å². The summed E-state index contributed by atoms with van der Waals surface area (Å²) in [5.74, 6) is -0.140. The maximum atomic E-state index is 11.7. The normalized spacial score (nSPS) is 10.6. The predicted octanol–water partition coefficient (Wildman–Crippen LogP) is 1.26. The lowest BCUT2D eigenvalue weighted by molar-refractivity contribution is 0.0948. The molecule has 2 rings (SSSR count). The van der Waals surface area contributed by atoms with Crippen molar-refractivity contribution in [3.05, 3.63) is 30.2 Å². The van der Waals surface area contributed by atoms with Crippen LogP contribution in [0.1, 0.15) is 30.3 Å². The van der Waals surface area contributed by atoms with Crippen molar-refractivity contribution in [3.8, 4) is 0 Å². The Balaban J connectivity index is 2.11. The van der Waals surface area contributed by atoms with Crippen molar-refractivity contribution in [2.45, 2.75) is 19.8 Å². The molecule has 0 aliphatic rings. The van der Waals surface area contributed by atoms with Crippen molar-refractivity contribution in [1.29, 1.82) is 0 Å². The summed E-state index contributed by atoms with van der Waals surface area (Å²) in [7, 11) is 0. The van der Waals surface area contributed by atoms with Gasteiger partial charge in [0.25, 0.3) is 5.91 Å². The van der Waals surface area contributed by atoms with Crippen molar-refractivity contribution < 1.29 is 4.79 Å². The van der Waals surface area contributed by atoms with Gasteiger partial charge in [0.2, 0.25) is 0 Å². The highest BCUT2D eigenvalue weighted by molar-refractivity contribution is 5.93. The number of hydrogen-bond donors (Lipinski definition) is 1. The molecule has 0 atom stereocenters. The molecule has 0 saturated carbocycles. The van der Waals surface area contributed by atoms with Crippen molar-refractivity contribution in [2.24, 2.45) is 0 Å². The second-order valence-electron chi connectivity index (χ2n) is 3.56. The smallest absolute Gasteiger partial charge is 0.271 e. The number of amides is 1. The molecule has 5 nitrogen and oxygen atoms in total. The highest BCUT2D eigenvalue weighted by Gasteiger charge is 2.09. The maximum Gasteiger partial charge on any atom is 0.271 e. The Morgan fingerprint density at radius 1 is 1.56 bits per heavy atom. The first-order chi connectivity index (χ1) is 7.81. The summed E-state index contributed by atoms with van der Waals surface area (Å²) in [6, 6.07) is 3.46. The van der Waals surface area contributed by atoms with Gasteiger partial charge in [-0.1, -0.05) is 13.3 Å². The fourth-order valence-corrected chi connectivity index (χ4v) is 1.41. The van der Waals surface area contributed by atoms with Gasteiger partial charge in [-0.3, -0.25) is 4.79 Å². The van der Waals surface area contributed by atoms with Crippen LogP contribution < -0.4 is 5.32 Å². The quantitative estimate of drug-likeness (QED) is 0.786. The molecule has 1 amide bonds. The maximum absolute atomic E-state index is 11.7. The van der Waals surface area contributed by atoms with Crippen LogP contribution in [0.2, 0.25) is 0 Å². The fraction of sp³-hybridized carbons (Fsp3) is 0.364. The summed E-state index contributed by atoms with van der Waals surface area (Å²) < 4.78 is 1.59. The van der Waals surface area contributed by atoms with Crippen LogP contribution in [-0.2, 0) is 0 Å². The number of aromatic nitrogens is 3. The van der Waals surface area contributed by atoms with Crippen LogP contribution in [0.5, 0.6) is 0 Å². The van der Waals surface area contributed by atoms with Gasteiger partial charge in [-0.05, 0) is 12.5 Å². The van der Waals surface area contributed by atoms with E-state index in [0.29, 0.717) is 17.9 Å². The van der Waals surface area contributed by atoms with Crippen molar-refractivity contribution in [2.75, 3.05) is 6.54 Å². The molecular formula is C11H14N4O. The number of nitrogens with zero attached hydrogens (tertiary/aromatic N) is 3. The third kappa shape index (κ3) is 2.18. The number of fused-ring (bicyclic) bond motifs is 1. The van der Waals surface area contributed by atoms with Crippen LogP contribution in [0.3, 0.4) is 0 Å². The molecule has 0 aromatic carbocycles.